The van der Waals surface area contributed by atoms with Gasteiger partial charge in [-0.1, -0.05) is 0 Å². The molecule has 6 heteroatoms. The summed E-state index contributed by atoms with van der Waals surface area (Å²) >= 11 is 0. The van der Waals surface area contributed by atoms with E-state index in [4.69, 9.17) is 5.84 Å². The quantitative estimate of drug-likeness (QED) is 0.495. The molecule has 1 saturated heterocycles. The summed E-state index contributed by atoms with van der Waals surface area (Å²) < 4.78 is 0. The molecule has 1 atom stereocenters. The van der Waals surface area contributed by atoms with Crippen LogP contribution in [0.5, 0.6) is 0 Å². The molecule has 0 saturated carbocycles. The first kappa shape index (κ1) is 11.8. The van der Waals surface area contributed by atoms with E-state index in [2.05, 4.69) is 10.4 Å². The largest absolute Gasteiger partial charge is 0.388 e. The van der Waals surface area contributed by atoms with Gasteiger partial charge in [-0.15, -0.1) is 0 Å². The van der Waals surface area contributed by atoms with Gasteiger partial charge in [0.05, 0.1) is 11.3 Å². The molecule has 1 unspecified atom stereocenters. The highest BCUT2D eigenvalue weighted by Crippen LogP contribution is 2.22. The smallest absolute Gasteiger partial charge is 0.272 e. The molecule has 1 aromatic heterocycles. The summed E-state index contributed by atoms with van der Waals surface area (Å²) in [4.78, 5) is 17.7. The highest BCUT2D eigenvalue weighted by atomic mass is 16.3. The van der Waals surface area contributed by atoms with Crippen molar-refractivity contribution in [3.8, 4) is 0 Å². The zero-order valence-corrected chi connectivity index (χ0v) is 9.68. The third-order valence-corrected chi connectivity index (χ3v) is 2.88. The molecule has 1 aliphatic rings. The molecule has 1 aliphatic heterocycles. The van der Waals surface area contributed by atoms with Gasteiger partial charge in [0.15, 0.2) is 0 Å². The molecule has 6 nitrogen and oxygen atoms in total. The van der Waals surface area contributed by atoms with Crippen LogP contribution in [0, 0.1) is 0 Å². The molecule has 0 aromatic carbocycles. The molecule has 0 aliphatic carbocycles. The van der Waals surface area contributed by atoms with Gasteiger partial charge < -0.3 is 15.4 Å². The lowest BCUT2D eigenvalue weighted by atomic mass is 10.1. The summed E-state index contributed by atoms with van der Waals surface area (Å²) in [5.41, 5.74) is 2.64. The first-order valence-corrected chi connectivity index (χ1v) is 5.46. The molecule has 1 aromatic rings. The Hall–Kier alpha value is -1.66. The molecule has 4 N–H and O–H groups in total. The third kappa shape index (κ3) is 2.54. The standard InChI is InChI=1S/C11H16N4O2/c1-11(17)3-5-15(7-11)10(16)9-6-8(14-12)2-4-13-9/h2,4,6,17H,3,5,7,12H2,1H3,(H,13,14). The van der Waals surface area contributed by atoms with Crippen molar-refractivity contribution in [1.82, 2.24) is 9.88 Å². The van der Waals surface area contributed by atoms with Gasteiger partial charge in [-0.25, -0.2) is 0 Å². The predicted molar refractivity (Wildman–Crippen MR) is 63.2 cm³/mol. The Balaban J connectivity index is 2.15. The average molecular weight is 236 g/mol. The van der Waals surface area contributed by atoms with Gasteiger partial charge in [-0.05, 0) is 25.5 Å². The average Bonchev–Trinajstić information content (AvgIpc) is 2.69. The minimum Gasteiger partial charge on any atom is -0.388 e. The molecule has 0 radical (unpaired) electrons. The topological polar surface area (TPSA) is 91.5 Å². The molecule has 2 rings (SSSR count). The fourth-order valence-electron chi connectivity index (χ4n) is 1.92. The summed E-state index contributed by atoms with van der Waals surface area (Å²) in [5, 5.41) is 9.81. The second kappa shape index (κ2) is 4.31. The number of rotatable bonds is 2. The zero-order chi connectivity index (χ0) is 12.5. The number of β-amino-alcohol motifs (C(OH)–C–C–N with tert-alkyl or cyclic N) is 1. The number of hydrogen-bond donors (Lipinski definition) is 3. The van der Waals surface area contributed by atoms with E-state index in [-0.39, 0.29) is 5.91 Å². The molecule has 92 valence electrons. The van der Waals surface area contributed by atoms with E-state index in [1.165, 1.54) is 6.20 Å². The van der Waals surface area contributed by atoms with E-state index in [0.29, 0.717) is 30.9 Å². The first-order chi connectivity index (χ1) is 8.02. The fraction of sp³-hybridized carbons (Fsp3) is 0.455. The van der Waals surface area contributed by atoms with Crippen LogP contribution in [-0.4, -0.2) is 39.6 Å². The van der Waals surface area contributed by atoms with E-state index in [1.807, 2.05) is 0 Å². The Kier molecular flexibility index (Phi) is 2.99. The second-order valence-electron chi connectivity index (χ2n) is 4.55. The Labute approximate surface area is 99.4 Å². The van der Waals surface area contributed by atoms with Crippen LogP contribution in [0.4, 0.5) is 5.69 Å². The highest BCUT2D eigenvalue weighted by molar-refractivity contribution is 5.93. The van der Waals surface area contributed by atoms with Crippen molar-refractivity contribution in [1.29, 1.82) is 0 Å². The number of aliphatic hydroxyl groups is 1. The van der Waals surface area contributed by atoms with Gasteiger partial charge in [0.2, 0.25) is 0 Å². The van der Waals surface area contributed by atoms with E-state index in [9.17, 15) is 9.90 Å². The lowest BCUT2D eigenvalue weighted by molar-refractivity contribution is 0.0569. The van der Waals surface area contributed by atoms with Crippen molar-refractivity contribution in [2.75, 3.05) is 18.5 Å². The van der Waals surface area contributed by atoms with Crippen molar-refractivity contribution < 1.29 is 9.90 Å². The van der Waals surface area contributed by atoms with Crippen LogP contribution in [-0.2, 0) is 0 Å². The number of carbonyl (C=O) groups is 1. The monoisotopic (exact) mass is 236 g/mol. The van der Waals surface area contributed by atoms with Crippen LogP contribution < -0.4 is 11.3 Å². The maximum absolute atomic E-state index is 12.1. The number of anilines is 1. The summed E-state index contributed by atoms with van der Waals surface area (Å²) in [6.07, 6.45) is 2.12. The van der Waals surface area contributed by atoms with Gasteiger partial charge in [-0.3, -0.25) is 15.6 Å². The number of hydrazine groups is 1. The van der Waals surface area contributed by atoms with Gasteiger partial charge >= 0.3 is 0 Å². The van der Waals surface area contributed by atoms with Gasteiger partial charge in [0, 0.05) is 19.3 Å². The number of hydrogen-bond acceptors (Lipinski definition) is 5. The normalized spacial score (nSPS) is 23.8. The van der Waals surface area contributed by atoms with Crippen molar-refractivity contribution in [2.45, 2.75) is 18.9 Å². The van der Waals surface area contributed by atoms with Crippen molar-refractivity contribution in [3.05, 3.63) is 24.0 Å². The van der Waals surface area contributed by atoms with Gasteiger partial charge in [0.25, 0.3) is 5.91 Å². The van der Waals surface area contributed by atoms with Crippen LogP contribution in [0.3, 0.4) is 0 Å². The van der Waals surface area contributed by atoms with Gasteiger partial charge in [-0.2, -0.15) is 0 Å². The van der Waals surface area contributed by atoms with Crippen molar-refractivity contribution in [3.63, 3.8) is 0 Å². The number of nitrogen functional groups attached to an aromatic ring is 1. The number of nitrogens with two attached hydrogens (primary N) is 1. The van der Waals surface area contributed by atoms with Crippen LogP contribution in [0.15, 0.2) is 18.3 Å². The van der Waals surface area contributed by atoms with Crippen molar-refractivity contribution in [2.24, 2.45) is 5.84 Å². The maximum atomic E-state index is 12.1. The Morgan fingerprint density at radius 3 is 3.06 bits per heavy atom. The van der Waals surface area contributed by atoms with Gasteiger partial charge in [0.1, 0.15) is 5.69 Å². The minimum atomic E-state index is -0.792. The molecule has 0 spiro atoms. The molecule has 17 heavy (non-hydrogen) atoms. The number of carbonyl (C=O) groups excluding carboxylic acids is 1. The molecule has 1 fully saturated rings. The summed E-state index contributed by atoms with van der Waals surface area (Å²) in [6, 6.07) is 3.27. The summed E-state index contributed by atoms with van der Waals surface area (Å²) in [6.45, 7) is 2.62. The number of likely N-dealkylation sites (tertiary alicyclic amines) is 1. The molecular weight excluding hydrogens is 220 g/mol. The highest BCUT2D eigenvalue weighted by Gasteiger charge is 2.34. The van der Waals surface area contributed by atoms with Crippen LogP contribution >= 0.6 is 0 Å². The Morgan fingerprint density at radius 2 is 2.47 bits per heavy atom. The number of amides is 1. The molecule has 0 bridgehead atoms. The van der Waals surface area contributed by atoms with Crippen molar-refractivity contribution >= 4 is 11.6 Å². The number of nitrogens with zero attached hydrogens (tertiary/aromatic N) is 2. The first-order valence-electron chi connectivity index (χ1n) is 5.46. The zero-order valence-electron chi connectivity index (χ0n) is 9.68. The number of aromatic nitrogens is 1. The summed E-state index contributed by atoms with van der Waals surface area (Å²) in [7, 11) is 0. The SMILES string of the molecule is CC1(O)CCN(C(=O)c2cc(NN)ccn2)C1. The lowest BCUT2D eigenvalue weighted by Gasteiger charge is -2.18. The number of nitrogens with one attached hydrogen (secondary N) is 1. The second-order valence-corrected chi connectivity index (χ2v) is 4.55. The van der Waals surface area contributed by atoms with E-state index < -0.39 is 5.60 Å². The van der Waals surface area contributed by atoms with Crippen LogP contribution in [0.25, 0.3) is 0 Å². The minimum absolute atomic E-state index is 0.181. The maximum Gasteiger partial charge on any atom is 0.272 e. The molecule has 1 amide bonds. The Morgan fingerprint density at radius 1 is 1.71 bits per heavy atom. The third-order valence-electron chi connectivity index (χ3n) is 2.88. The Bertz CT molecular complexity index is 433. The van der Waals surface area contributed by atoms with E-state index >= 15 is 0 Å². The lowest BCUT2D eigenvalue weighted by Crippen LogP contribution is -2.34. The van der Waals surface area contributed by atoms with Crippen LogP contribution in [0.1, 0.15) is 23.8 Å². The molecular formula is C11H16N4O2. The summed E-state index contributed by atoms with van der Waals surface area (Å²) in [5.74, 6) is 5.09. The van der Waals surface area contributed by atoms with Crippen LogP contribution in [0.2, 0.25) is 0 Å². The molecule has 2 heterocycles. The predicted octanol–water partition coefficient (Wildman–Crippen LogP) is -0.0359. The number of pyridine rings is 1. The van der Waals surface area contributed by atoms with E-state index in [1.54, 1.807) is 24.0 Å². The fourth-order valence-corrected chi connectivity index (χ4v) is 1.92. The van der Waals surface area contributed by atoms with E-state index in [0.717, 1.165) is 0 Å².